The summed E-state index contributed by atoms with van der Waals surface area (Å²) in [6.45, 7) is 2.37. The number of fused-ring (bicyclic) bond motifs is 1. The van der Waals surface area contributed by atoms with E-state index >= 15 is 0 Å². The maximum Gasteiger partial charge on any atom is 0.249 e. The Hall–Kier alpha value is -1.88. The second-order valence-electron chi connectivity index (χ2n) is 7.12. The third kappa shape index (κ3) is 3.61. The van der Waals surface area contributed by atoms with Gasteiger partial charge in [0.15, 0.2) is 0 Å². The number of nitrogens with one attached hydrogen (secondary N) is 1. The minimum atomic E-state index is -0.897. The first-order chi connectivity index (χ1) is 11.5. The van der Waals surface area contributed by atoms with Crippen molar-refractivity contribution in [2.24, 2.45) is 0 Å². The van der Waals surface area contributed by atoms with Crippen molar-refractivity contribution in [3.05, 3.63) is 29.8 Å². The van der Waals surface area contributed by atoms with E-state index < -0.39 is 11.6 Å². The van der Waals surface area contributed by atoms with Crippen LogP contribution in [0, 0.1) is 0 Å². The van der Waals surface area contributed by atoms with Crippen LogP contribution in [0.15, 0.2) is 24.3 Å². The van der Waals surface area contributed by atoms with Gasteiger partial charge in [0.25, 0.3) is 0 Å². The van der Waals surface area contributed by atoms with Crippen molar-refractivity contribution in [2.75, 3.05) is 11.4 Å². The SMILES string of the molecule is CC(NC(=O)CC1(O)CCCCC1)C(=O)N1CCc2ccccc21. The van der Waals surface area contributed by atoms with Crippen molar-refractivity contribution in [2.45, 2.75) is 63.5 Å². The predicted octanol–water partition coefficient (Wildman–Crippen LogP) is 2.17. The first kappa shape index (κ1) is 17.0. The highest BCUT2D eigenvalue weighted by Crippen LogP contribution is 2.31. The number of para-hydroxylation sites is 1. The molecule has 1 aliphatic carbocycles. The molecule has 1 saturated carbocycles. The Morgan fingerprint density at radius 2 is 1.96 bits per heavy atom. The van der Waals surface area contributed by atoms with Gasteiger partial charge in [-0.15, -0.1) is 0 Å². The molecule has 1 unspecified atom stereocenters. The van der Waals surface area contributed by atoms with Crippen molar-refractivity contribution in [1.29, 1.82) is 0 Å². The minimum Gasteiger partial charge on any atom is -0.389 e. The molecule has 1 aliphatic heterocycles. The minimum absolute atomic E-state index is 0.0845. The van der Waals surface area contributed by atoms with Crippen LogP contribution in [0.4, 0.5) is 5.69 Å². The average Bonchev–Trinajstić information content (AvgIpc) is 2.98. The number of benzene rings is 1. The number of nitrogens with zero attached hydrogens (tertiary/aromatic N) is 1. The number of amides is 2. The highest BCUT2D eigenvalue weighted by atomic mass is 16.3. The van der Waals surface area contributed by atoms with Crippen molar-refractivity contribution < 1.29 is 14.7 Å². The standard InChI is InChI=1S/C19H26N2O3/c1-14(20-17(22)13-19(24)10-5-2-6-11-19)18(23)21-12-9-15-7-3-4-8-16(15)21/h3-4,7-8,14,24H,2,5-6,9-13H2,1H3,(H,20,22). The van der Waals surface area contributed by atoms with E-state index in [2.05, 4.69) is 5.32 Å². The summed E-state index contributed by atoms with van der Waals surface area (Å²) in [5, 5.41) is 13.2. The van der Waals surface area contributed by atoms with Gasteiger partial charge >= 0.3 is 0 Å². The first-order valence-corrected chi connectivity index (χ1v) is 8.90. The maximum absolute atomic E-state index is 12.7. The van der Waals surface area contributed by atoms with E-state index in [0.29, 0.717) is 19.4 Å². The molecule has 1 aromatic carbocycles. The highest BCUT2D eigenvalue weighted by Gasteiger charge is 2.33. The number of rotatable bonds is 4. The number of hydrogen-bond donors (Lipinski definition) is 2. The second kappa shape index (κ2) is 6.93. The third-order valence-corrected chi connectivity index (χ3v) is 5.17. The van der Waals surface area contributed by atoms with Gasteiger partial charge in [0.2, 0.25) is 11.8 Å². The van der Waals surface area contributed by atoms with Crippen LogP contribution >= 0.6 is 0 Å². The molecule has 2 N–H and O–H groups in total. The van der Waals surface area contributed by atoms with Crippen molar-refractivity contribution >= 4 is 17.5 Å². The zero-order valence-electron chi connectivity index (χ0n) is 14.3. The van der Waals surface area contributed by atoms with E-state index in [-0.39, 0.29) is 18.2 Å². The molecule has 1 aromatic rings. The van der Waals surface area contributed by atoms with Crippen molar-refractivity contribution in [3.8, 4) is 0 Å². The molecule has 2 aliphatic rings. The van der Waals surface area contributed by atoms with Gasteiger partial charge in [-0.2, -0.15) is 0 Å². The third-order valence-electron chi connectivity index (χ3n) is 5.17. The molecule has 5 heteroatoms. The Kier molecular flexibility index (Phi) is 4.90. The van der Waals surface area contributed by atoms with Gasteiger partial charge in [0.1, 0.15) is 6.04 Å². The molecular weight excluding hydrogens is 304 g/mol. The average molecular weight is 330 g/mol. The van der Waals surface area contributed by atoms with Crippen LogP contribution in [0.3, 0.4) is 0 Å². The number of aliphatic hydroxyl groups is 1. The van der Waals surface area contributed by atoms with Crippen molar-refractivity contribution in [3.63, 3.8) is 0 Å². The summed E-state index contributed by atoms with van der Waals surface area (Å²) in [5.74, 6) is -0.336. The van der Waals surface area contributed by atoms with Gasteiger partial charge in [0.05, 0.1) is 12.0 Å². The zero-order valence-corrected chi connectivity index (χ0v) is 14.3. The van der Waals surface area contributed by atoms with Gasteiger partial charge in [-0.25, -0.2) is 0 Å². The van der Waals surface area contributed by atoms with Crippen LogP contribution in [-0.4, -0.2) is 35.1 Å². The summed E-state index contributed by atoms with van der Waals surface area (Å²) in [7, 11) is 0. The van der Waals surface area contributed by atoms with E-state index in [1.54, 1.807) is 11.8 Å². The number of carbonyl (C=O) groups is 2. The summed E-state index contributed by atoms with van der Waals surface area (Å²) < 4.78 is 0. The van der Waals surface area contributed by atoms with Crippen LogP contribution in [0.2, 0.25) is 0 Å². The Morgan fingerprint density at radius 3 is 2.71 bits per heavy atom. The number of anilines is 1. The van der Waals surface area contributed by atoms with Crippen LogP contribution in [0.5, 0.6) is 0 Å². The molecular formula is C19H26N2O3. The molecule has 130 valence electrons. The summed E-state index contributed by atoms with van der Waals surface area (Å²) in [4.78, 5) is 26.7. The molecule has 2 amide bonds. The molecule has 5 nitrogen and oxygen atoms in total. The molecule has 0 radical (unpaired) electrons. The summed E-state index contributed by atoms with van der Waals surface area (Å²) in [6.07, 6.45) is 5.31. The molecule has 3 rings (SSSR count). The normalized spacial score (nSPS) is 20.3. The van der Waals surface area contributed by atoms with E-state index in [4.69, 9.17) is 0 Å². The highest BCUT2D eigenvalue weighted by molar-refractivity contribution is 6.00. The van der Waals surface area contributed by atoms with Crippen LogP contribution in [0.1, 0.15) is 51.0 Å². The Bertz CT molecular complexity index is 623. The predicted molar refractivity (Wildman–Crippen MR) is 92.8 cm³/mol. The Labute approximate surface area is 143 Å². The lowest BCUT2D eigenvalue weighted by molar-refractivity contribution is -0.131. The van der Waals surface area contributed by atoms with Gasteiger partial charge in [-0.05, 0) is 37.8 Å². The fourth-order valence-corrected chi connectivity index (χ4v) is 3.84. The molecule has 1 atom stereocenters. The van der Waals surface area contributed by atoms with E-state index in [9.17, 15) is 14.7 Å². The van der Waals surface area contributed by atoms with Crippen LogP contribution in [-0.2, 0) is 16.0 Å². The first-order valence-electron chi connectivity index (χ1n) is 8.90. The van der Waals surface area contributed by atoms with E-state index in [1.807, 2.05) is 24.3 Å². The second-order valence-corrected chi connectivity index (χ2v) is 7.12. The lowest BCUT2D eigenvalue weighted by atomic mass is 9.82. The smallest absolute Gasteiger partial charge is 0.249 e. The number of hydrogen-bond acceptors (Lipinski definition) is 3. The van der Waals surface area contributed by atoms with Crippen LogP contribution < -0.4 is 10.2 Å². The maximum atomic E-state index is 12.7. The van der Waals surface area contributed by atoms with Gasteiger partial charge in [-0.1, -0.05) is 37.5 Å². The Morgan fingerprint density at radius 1 is 1.25 bits per heavy atom. The Balaban J connectivity index is 1.57. The quantitative estimate of drug-likeness (QED) is 0.889. The summed E-state index contributed by atoms with van der Waals surface area (Å²) >= 11 is 0. The molecule has 24 heavy (non-hydrogen) atoms. The van der Waals surface area contributed by atoms with Gasteiger partial charge < -0.3 is 15.3 Å². The summed E-state index contributed by atoms with van der Waals surface area (Å²) in [6, 6.07) is 7.29. The summed E-state index contributed by atoms with van der Waals surface area (Å²) in [5.41, 5.74) is 1.21. The van der Waals surface area contributed by atoms with Crippen LogP contribution in [0.25, 0.3) is 0 Å². The largest absolute Gasteiger partial charge is 0.389 e. The lowest BCUT2D eigenvalue weighted by Crippen LogP contribution is -2.48. The van der Waals surface area contributed by atoms with Gasteiger partial charge in [-0.3, -0.25) is 9.59 Å². The van der Waals surface area contributed by atoms with E-state index in [0.717, 1.165) is 31.4 Å². The van der Waals surface area contributed by atoms with Crippen molar-refractivity contribution in [1.82, 2.24) is 5.32 Å². The van der Waals surface area contributed by atoms with E-state index in [1.165, 1.54) is 5.56 Å². The zero-order chi connectivity index (χ0) is 17.2. The molecule has 1 fully saturated rings. The fourth-order valence-electron chi connectivity index (χ4n) is 3.84. The monoisotopic (exact) mass is 330 g/mol. The number of carbonyl (C=O) groups excluding carboxylic acids is 2. The molecule has 0 bridgehead atoms. The molecule has 0 spiro atoms. The molecule has 0 aromatic heterocycles. The molecule has 1 heterocycles. The molecule has 0 saturated heterocycles. The fraction of sp³-hybridized carbons (Fsp3) is 0.579. The lowest BCUT2D eigenvalue weighted by Gasteiger charge is -2.32. The topological polar surface area (TPSA) is 69.6 Å². The van der Waals surface area contributed by atoms with Gasteiger partial charge in [0, 0.05) is 12.2 Å².